The van der Waals surface area contributed by atoms with E-state index in [9.17, 15) is 9.59 Å². The highest BCUT2D eigenvalue weighted by molar-refractivity contribution is 6.35. The van der Waals surface area contributed by atoms with E-state index < -0.39 is 6.04 Å². The third-order valence-electron chi connectivity index (χ3n) is 4.82. The molecule has 25 heavy (non-hydrogen) atoms. The maximum absolute atomic E-state index is 12.8. The zero-order valence-electron chi connectivity index (χ0n) is 14.1. The third kappa shape index (κ3) is 4.27. The predicted molar refractivity (Wildman–Crippen MR) is 97.1 cm³/mol. The second kappa shape index (κ2) is 7.94. The summed E-state index contributed by atoms with van der Waals surface area (Å²) in [4.78, 5) is 27.1. The molecule has 0 aliphatic carbocycles. The maximum Gasteiger partial charge on any atom is 0.254 e. The van der Waals surface area contributed by atoms with Gasteiger partial charge in [0.2, 0.25) is 5.91 Å². The number of nitrogens with one attached hydrogen (secondary N) is 1. The van der Waals surface area contributed by atoms with Crippen LogP contribution >= 0.6 is 23.2 Å². The van der Waals surface area contributed by atoms with E-state index in [2.05, 4.69) is 5.32 Å². The van der Waals surface area contributed by atoms with Gasteiger partial charge in [0.1, 0.15) is 6.04 Å². The molecule has 2 aliphatic heterocycles. The monoisotopic (exact) mass is 384 g/mol. The zero-order chi connectivity index (χ0) is 18.0. The largest absolute Gasteiger partial charge is 0.376 e. The first kappa shape index (κ1) is 18.5. The fraction of sp³-hybridized carbons (Fsp3) is 0.556. The minimum absolute atomic E-state index is 0.0567. The van der Waals surface area contributed by atoms with Gasteiger partial charge in [0, 0.05) is 28.8 Å². The van der Waals surface area contributed by atoms with E-state index in [1.165, 1.54) is 0 Å². The van der Waals surface area contributed by atoms with E-state index in [1.54, 1.807) is 23.1 Å². The first-order valence-corrected chi connectivity index (χ1v) is 9.40. The molecule has 3 rings (SSSR count). The fourth-order valence-electron chi connectivity index (χ4n) is 3.54. The quantitative estimate of drug-likeness (QED) is 0.866. The van der Waals surface area contributed by atoms with Crippen molar-refractivity contribution >= 4 is 35.0 Å². The normalized spacial score (nSPS) is 24.4. The van der Waals surface area contributed by atoms with Crippen molar-refractivity contribution in [3.05, 3.63) is 33.8 Å². The van der Waals surface area contributed by atoms with Crippen molar-refractivity contribution in [2.45, 2.75) is 50.8 Å². The third-order valence-corrected chi connectivity index (χ3v) is 5.25. The molecule has 2 amide bonds. The number of benzene rings is 1. The van der Waals surface area contributed by atoms with Crippen LogP contribution in [0.4, 0.5) is 0 Å². The average Bonchev–Trinajstić information content (AvgIpc) is 3.24. The van der Waals surface area contributed by atoms with Crippen LogP contribution < -0.4 is 5.32 Å². The fourth-order valence-corrected chi connectivity index (χ4v) is 4.06. The molecule has 136 valence electrons. The Bertz CT molecular complexity index is 641. The lowest BCUT2D eigenvalue weighted by atomic mass is 10.1. The number of rotatable bonds is 4. The molecule has 3 atom stereocenters. The van der Waals surface area contributed by atoms with Gasteiger partial charge in [-0.25, -0.2) is 0 Å². The highest BCUT2D eigenvalue weighted by Crippen LogP contribution is 2.25. The standard InChI is InChI=1S/C18H22Cl2N2O3/c1-11(16-5-3-7-25-16)21-17(23)15-4-2-6-22(15)18(24)12-8-13(19)10-14(20)9-12/h8-11,15-16H,2-7H2,1H3,(H,21,23). The molecule has 2 aliphatic rings. The Morgan fingerprint density at radius 3 is 2.56 bits per heavy atom. The molecule has 1 N–H and O–H groups in total. The lowest BCUT2D eigenvalue weighted by Gasteiger charge is -2.27. The van der Waals surface area contributed by atoms with E-state index in [-0.39, 0.29) is 24.0 Å². The zero-order valence-corrected chi connectivity index (χ0v) is 15.6. The van der Waals surface area contributed by atoms with Crippen molar-refractivity contribution in [3.8, 4) is 0 Å². The summed E-state index contributed by atoms with van der Waals surface area (Å²) >= 11 is 12.0. The van der Waals surface area contributed by atoms with Gasteiger partial charge >= 0.3 is 0 Å². The van der Waals surface area contributed by atoms with Gasteiger partial charge < -0.3 is 15.0 Å². The number of amides is 2. The van der Waals surface area contributed by atoms with E-state index in [0.717, 1.165) is 25.9 Å². The minimum Gasteiger partial charge on any atom is -0.376 e. The SMILES string of the molecule is CC(NC(=O)C1CCCN1C(=O)c1cc(Cl)cc(Cl)c1)C1CCCO1. The molecule has 2 fully saturated rings. The Hall–Kier alpha value is -1.30. The van der Waals surface area contributed by atoms with E-state index >= 15 is 0 Å². The Kier molecular flexibility index (Phi) is 5.87. The van der Waals surface area contributed by atoms with Crippen LogP contribution in [-0.4, -0.2) is 48.1 Å². The van der Waals surface area contributed by atoms with Gasteiger partial charge in [-0.2, -0.15) is 0 Å². The molecule has 7 heteroatoms. The number of carbonyl (C=O) groups excluding carboxylic acids is 2. The summed E-state index contributed by atoms with van der Waals surface area (Å²) < 4.78 is 5.62. The number of ether oxygens (including phenoxy) is 1. The van der Waals surface area contributed by atoms with Crippen molar-refractivity contribution in [2.24, 2.45) is 0 Å². The molecule has 0 radical (unpaired) electrons. The minimum atomic E-state index is -0.464. The lowest BCUT2D eigenvalue weighted by Crippen LogP contribution is -2.50. The Morgan fingerprint density at radius 1 is 1.20 bits per heavy atom. The van der Waals surface area contributed by atoms with Crippen molar-refractivity contribution in [2.75, 3.05) is 13.2 Å². The Labute approximate surface area is 157 Å². The summed E-state index contributed by atoms with van der Waals surface area (Å²) in [6.45, 7) is 3.25. The second-order valence-corrected chi connectivity index (χ2v) is 7.54. The van der Waals surface area contributed by atoms with Gasteiger partial charge in [-0.05, 0) is 50.8 Å². The topological polar surface area (TPSA) is 58.6 Å². The van der Waals surface area contributed by atoms with Crippen molar-refractivity contribution < 1.29 is 14.3 Å². The van der Waals surface area contributed by atoms with E-state index in [0.29, 0.717) is 28.6 Å². The number of carbonyl (C=O) groups is 2. The predicted octanol–water partition coefficient (Wildman–Crippen LogP) is 3.28. The summed E-state index contributed by atoms with van der Waals surface area (Å²) in [7, 11) is 0. The number of halogens is 2. The second-order valence-electron chi connectivity index (χ2n) is 6.66. The molecule has 5 nitrogen and oxygen atoms in total. The van der Waals surface area contributed by atoms with Crippen molar-refractivity contribution in [3.63, 3.8) is 0 Å². The summed E-state index contributed by atoms with van der Waals surface area (Å²) in [5, 5.41) is 3.82. The molecule has 2 saturated heterocycles. The molecule has 0 bridgehead atoms. The van der Waals surface area contributed by atoms with Crippen molar-refractivity contribution in [1.82, 2.24) is 10.2 Å². The summed E-state index contributed by atoms with van der Waals surface area (Å²) in [5.41, 5.74) is 0.407. The molecule has 3 unspecified atom stereocenters. The highest BCUT2D eigenvalue weighted by atomic mass is 35.5. The molecule has 1 aromatic rings. The Morgan fingerprint density at radius 2 is 1.92 bits per heavy atom. The van der Waals surface area contributed by atoms with Gasteiger partial charge in [0.15, 0.2) is 0 Å². The van der Waals surface area contributed by atoms with Crippen molar-refractivity contribution in [1.29, 1.82) is 0 Å². The molecule has 0 saturated carbocycles. The van der Waals surface area contributed by atoms with Crippen LogP contribution in [0.5, 0.6) is 0 Å². The molecule has 2 heterocycles. The number of hydrogen-bond donors (Lipinski definition) is 1. The van der Waals surface area contributed by atoms with Crippen LogP contribution in [0.1, 0.15) is 43.0 Å². The van der Waals surface area contributed by atoms with Crippen LogP contribution in [0.25, 0.3) is 0 Å². The van der Waals surface area contributed by atoms with Gasteiger partial charge in [-0.15, -0.1) is 0 Å². The highest BCUT2D eigenvalue weighted by Gasteiger charge is 2.36. The van der Waals surface area contributed by atoms with Crippen LogP contribution in [-0.2, 0) is 9.53 Å². The summed E-state index contributed by atoms with van der Waals surface area (Å²) in [6, 6.07) is 4.22. The molecular weight excluding hydrogens is 363 g/mol. The number of likely N-dealkylation sites (tertiary alicyclic amines) is 1. The first-order chi connectivity index (χ1) is 12.0. The number of hydrogen-bond acceptors (Lipinski definition) is 3. The number of nitrogens with zero attached hydrogens (tertiary/aromatic N) is 1. The van der Waals surface area contributed by atoms with Gasteiger partial charge in [0.25, 0.3) is 5.91 Å². The van der Waals surface area contributed by atoms with Crippen LogP contribution in [0.2, 0.25) is 10.0 Å². The smallest absolute Gasteiger partial charge is 0.254 e. The van der Waals surface area contributed by atoms with E-state index in [1.807, 2.05) is 6.92 Å². The average molecular weight is 385 g/mol. The van der Waals surface area contributed by atoms with Gasteiger partial charge in [-0.3, -0.25) is 9.59 Å². The van der Waals surface area contributed by atoms with Crippen LogP contribution in [0.15, 0.2) is 18.2 Å². The van der Waals surface area contributed by atoms with Crippen LogP contribution in [0.3, 0.4) is 0 Å². The Balaban J connectivity index is 1.68. The maximum atomic E-state index is 12.8. The summed E-state index contributed by atoms with van der Waals surface area (Å²) in [6.07, 6.45) is 3.49. The van der Waals surface area contributed by atoms with Crippen LogP contribution in [0, 0.1) is 0 Å². The van der Waals surface area contributed by atoms with Gasteiger partial charge in [0.05, 0.1) is 12.1 Å². The molecule has 0 spiro atoms. The summed E-state index contributed by atoms with van der Waals surface area (Å²) in [5.74, 6) is -0.339. The lowest BCUT2D eigenvalue weighted by molar-refractivity contribution is -0.126. The van der Waals surface area contributed by atoms with Gasteiger partial charge in [-0.1, -0.05) is 23.2 Å². The molecule has 1 aromatic carbocycles. The molecular formula is C18H22Cl2N2O3. The first-order valence-electron chi connectivity index (χ1n) is 8.65. The molecule has 0 aromatic heterocycles. The van der Waals surface area contributed by atoms with E-state index in [4.69, 9.17) is 27.9 Å².